The number of nitrogens with two attached hydrogens (primary N) is 1. The fourth-order valence-electron chi connectivity index (χ4n) is 6.22. The number of hydrogen-bond acceptors (Lipinski definition) is 2. The molecule has 0 bridgehead atoms. The van der Waals surface area contributed by atoms with E-state index in [1.807, 2.05) is 6.07 Å². The Morgan fingerprint density at radius 3 is 1.69 bits per heavy atom. The van der Waals surface area contributed by atoms with Gasteiger partial charge in [-0.3, -0.25) is 0 Å². The molecule has 0 amide bonds. The Kier molecular flexibility index (Phi) is 6.73. The Bertz CT molecular complexity index is 2050. The van der Waals surface area contributed by atoms with E-state index in [9.17, 15) is 0 Å². The van der Waals surface area contributed by atoms with Crippen LogP contribution in [-0.4, -0.2) is 4.98 Å². The second-order valence-electron chi connectivity index (χ2n) is 10.8. The highest BCUT2D eigenvalue weighted by Gasteiger charge is 2.19. The van der Waals surface area contributed by atoms with Crippen LogP contribution < -0.4 is 5.73 Å². The van der Waals surface area contributed by atoms with Gasteiger partial charge in [-0.15, -0.1) is 0 Å². The highest BCUT2D eigenvalue weighted by atomic mass is 14.8. The van der Waals surface area contributed by atoms with Crippen molar-refractivity contribution >= 4 is 38.0 Å². The van der Waals surface area contributed by atoms with Crippen LogP contribution >= 0.6 is 0 Å². The van der Waals surface area contributed by atoms with Gasteiger partial charge in [-0.1, -0.05) is 141 Å². The van der Waals surface area contributed by atoms with Crippen LogP contribution in [0.2, 0.25) is 0 Å². The zero-order valence-corrected chi connectivity index (χ0v) is 23.7. The summed E-state index contributed by atoms with van der Waals surface area (Å²) in [6.45, 7) is 2.16. The maximum Gasteiger partial charge on any atom is 0.0863 e. The molecule has 0 saturated heterocycles. The third-order valence-electron chi connectivity index (χ3n) is 8.16. The number of unbranched alkanes of at least 4 members (excludes halogenated alkanes) is 1. The molecule has 0 fully saturated rings. The Hall–Kier alpha value is -5.21. The summed E-state index contributed by atoms with van der Waals surface area (Å²) >= 11 is 0. The van der Waals surface area contributed by atoms with Gasteiger partial charge in [0.1, 0.15) is 0 Å². The summed E-state index contributed by atoms with van der Waals surface area (Å²) < 4.78 is 0. The van der Waals surface area contributed by atoms with E-state index in [2.05, 4.69) is 140 Å². The molecule has 0 aliphatic rings. The summed E-state index contributed by atoms with van der Waals surface area (Å²) in [5, 5.41) is 7.41. The van der Waals surface area contributed by atoms with E-state index in [-0.39, 0.29) is 0 Å². The lowest BCUT2D eigenvalue weighted by Crippen LogP contribution is -2.00. The summed E-state index contributed by atoms with van der Waals surface area (Å²) in [5.41, 5.74) is 15.0. The first kappa shape index (κ1) is 25.7. The van der Waals surface area contributed by atoms with Crippen molar-refractivity contribution in [1.82, 2.24) is 4.98 Å². The lowest BCUT2D eigenvalue weighted by atomic mass is 9.84. The normalized spacial score (nSPS) is 11.9. The average Bonchev–Trinajstić information content (AvgIpc) is 3.06. The van der Waals surface area contributed by atoms with Gasteiger partial charge < -0.3 is 5.73 Å². The van der Waals surface area contributed by atoms with Crippen molar-refractivity contribution in [2.45, 2.75) is 19.8 Å². The van der Waals surface area contributed by atoms with Crippen molar-refractivity contribution in [3.8, 4) is 33.5 Å². The minimum Gasteiger partial charge on any atom is -0.397 e. The Balaban J connectivity index is 1.50. The Labute approximate surface area is 246 Å². The fraction of sp³-hybridized carbons (Fsp3) is 0.0750. The zero-order valence-electron chi connectivity index (χ0n) is 23.7. The molecule has 0 unspecified atom stereocenters. The molecule has 0 aliphatic carbocycles. The third-order valence-corrected chi connectivity index (χ3v) is 8.16. The van der Waals surface area contributed by atoms with E-state index < -0.39 is 0 Å². The number of pyridine rings is 1. The lowest BCUT2D eigenvalue weighted by molar-refractivity contribution is 0.957. The smallest absolute Gasteiger partial charge is 0.0863 e. The lowest BCUT2D eigenvalue weighted by Gasteiger charge is -2.19. The van der Waals surface area contributed by atoms with E-state index >= 15 is 0 Å². The van der Waals surface area contributed by atoms with Crippen LogP contribution in [0.3, 0.4) is 0 Å². The molecule has 1 aromatic heterocycles. The van der Waals surface area contributed by atoms with Gasteiger partial charge in [-0.05, 0) is 73.1 Å². The molecular formula is C40H32N2. The molecule has 0 radical (unpaired) electrons. The number of aromatic nitrogens is 1. The molecule has 2 heteroatoms. The average molecular weight is 541 g/mol. The predicted octanol–water partition coefficient (Wildman–Crippen LogP) is 10.6. The van der Waals surface area contributed by atoms with E-state index in [1.165, 1.54) is 54.6 Å². The number of fused-ring (bicyclic) bond motifs is 3. The molecule has 0 atom stereocenters. The van der Waals surface area contributed by atoms with Crippen LogP contribution in [0.4, 0.5) is 0 Å². The molecule has 42 heavy (non-hydrogen) atoms. The number of allylic oxidation sites excluding steroid dienone is 1. The van der Waals surface area contributed by atoms with Crippen molar-refractivity contribution in [3.63, 3.8) is 0 Å². The van der Waals surface area contributed by atoms with E-state index in [0.29, 0.717) is 0 Å². The van der Waals surface area contributed by atoms with E-state index in [0.717, 1.165) is 35.5 Å². The predicted molar refractivity (Wildman–Crippen MR) is 180 cm³/mol. The zero-order chi connectivity index (χ0) is 28.5. The molecule has 2 N–H and O–H groups in total. The first-order valence-corrected chi connectivity index (χ1v) is 14.7. The van der Waals surface area contributed by atoms with Gasteiger partial charge in [0.05, 0.1) is 17.1 Å². The van der Waals surface area contributed by atoms with Crippen LogP contribution in [-0.2, 0) is 0 Å². The second kappa shape index (κ2) is 11.0. The summed E-state index contributed by atoms with van der Waals surface area (Å²) in [7, 11) is 0. The SMILES string of the molecule is CCC/C=C(\N)c1cccc(-c2ccc(-c3c4ccccc4c(-c4ccccc4)c4ccccc34)c3ccccc23)n1. The fourth-order valence-corrected chi connectivity index (χ4v) is 6.22. The largest absolute Gasteiger partial charge is 0.397 e. The Morgan fingerprint density at radius 1 is 0.548 bits per heavy atom. The maximum atomic E-state index is 6.40. The standard InChI is InChI=1S/C40H32N2/c1-2-3-22-36(41)38-24-13-23-37(42-38)30-25-26-35(29-17-8-7-16-28(29)30)40-33-20-11-9-18-31(33)39(27-14-5-4-6-15-27)32-19-10-12-21-34(32)40/h4-26H,2-3,41H2,1H3/b36-22-. The van der Waals surface area contributed by atoms with Crippen LogP contribution in [0.25, 0.3) is 71.5 Å². The summed E-state index contributed by atoms with van der Waals surface area (Å²) in [4.78, 5) is 5.00. The molecule has 7 rings (SSSR count). The van der Waals surface area contributed by atoms with Crippen molar-refractivity contribution in [2.75, 3.05) is 0 Å². The van der Waals surface area contributed by atoms with Gasteiger partial charge in [-0.25, -0.2) is 4.98 Å². The summed E-state index contributed by atoms with van der Waals surface area (Å²) in [6.07, 6.45) is 4.07. The Morgan fingerprint density at radius 2 is 1.07 bits per heavy atom. The number of benzene rings is 6. The molecule has 7 aromatic rings. The molecule has 202 valence electrons. The molecule has 0 saturated carbocycles. The molecule has 6 aromatic carbocycles. The van der Waals surface area contributed by atoms with Gasteiger partial charge in [0.15, 0.2) is 0 Å². The third kappa shape index (κ3) is 4.42. The highest BCUT2D eigenvalue weighted by Crippen LogP contribution is 2.46. The first-order chi connectivity index (χ1) is 20.7. The van der Waals surface area contributed by atoms with E-state index in [1.54, 1.807) is 0 Å². The van der Waals surface area contributed by atoms with Gasteiger partial charge in [0, 0.05) is 5.56 Å². The monoisotopic (exact) mass is 540 g/mol. The van der Waals surface area contributed by atoms with Crippen LogP contribution in [0.1, 0.15) is 25.5 Å². The highest BCUT2D eigenvalue weighted by molar-refractivity contribution is 6.24. The van der Waals surface area contributed by atoms with Gasteiger partial charge in [0.25, 0.3) is 0 Å². The van der Waals surface area contributed by atoms with Gasteiger partial charge in [0.2, 0.25) is 0 Å². The number of rotatable bonds is 6. The topological polar surface area (TPSA) is 38.9 Å². The van der Waals surface area contributed by atoms with Crippen LogP contribution in [0, 0.1) is 0 Å². The molecule has 0 aliphatic heterocycles. The van der Waals surface area contributed by atoms with Gasteiger partial charge in [-0.2, -0.15) is 0 Å². The summed E-state index contributed by atoms with van der Waals surface area (Å²) in [6, 6.07) is 47.7. The van der Waals surface area contributed by atoms with Crippen molar-refractivity contribution in [1.29, 1.82) is 0 Å². The van der Waals surface area contributed by atoms with Crippen molar-refractivity contribution in [2.24, 2.45) is 5.73 Å². The van der Waals surface area contributed by atoms with Crippen molar-refractivity contribution < 1.29 is 0 Å². The molecular weight excluding hydrogens is 508 g/mol. The van der Waals surface area contributed by atoms with Crippen molar-refractivity contribution in [3.05, 3.63) is 145 Å². The number of hydrogen-bond donors (Lipinski definition) is 1. The van der Waals surface area contributed by atoms with Crippen LogP contribution in [0.15, 0.2) is 140 Å². The molecule has 2 nitrogen and oxygen atoms in total. The minimum atomic E-state index is 0.732. The quantitative estimate of drug-likeness (QED) is 0.213. The van der Waals surface area contributed by atoms with E-state index in [4.69, 9.17) is 10.7 Å². The first-order valence-electron chi connectivity index (χ1n) is 14.7. The minimum absolute atomic E-state index is 0.732. The molecule has 1 heterocycles. The number of nitrogens with zero attached hydrogens (tertiary/aromatic N) is 1. The molecule has 0 spiro atoms. The summed E-state index contributed by atoms with van der Waals surface area (Å²) in [5.74, 6) is 0. The second-order valence-corrected chi connectivity index (χ2v) is 10.8. The van der Waals surface area contributed by atoms with Crippen LogP contribution in [0.5, 0.6) is 0 Å². The van der Waals surface area contributed by atoms with Gasteiger partial charge >= 0.3 is 0 Å². The maximum absolute atomic E-state index is 6.40.